The van der Waals surface area contributed by atoms with Crippen molar-refractivity contribution in [3.8, 4) is 0 Å². The quantitative estimate of drug-likeness (QED) is 0.151. The first-order chi connectivity index (χ1) is 15.9. The van der Waals surface area contributed by atoms with Gasteiger partial charge in [0.15, 0.2) is 0 Å². The fourth-order valence-electron chi connectivity index (χ4n) is 4.76. The van der Waals surface area contributed by atoms with Crippen molar-refractivity contribution in [2.24, 2.45) is 14.1 Å². The zero-order valence-electron chi connectivity index (χ0n) is 22.7. The van der Waals surface area contributed by atoms with E-state index in [0.29, 0.717) is 5.69 Å². The molecule has 0 amide bonds. The highest BCUT2D eigenvalue weighted by atomic mass is 31.1. The molecular formula is C26H51N3O4P+. The maximum atomic E-state index is 12.9. The largest absolute Gasteiger partial charge is 0.533 e. The smallest absolute Gasteiger partial charge is 0.390 e. The van der Waals surface area contributed by atoms with Crippen molar-refractivity contribution in [2.75, 3.05) is 5.32 Å². The van der Waals surface area contributed by atoms with Crippen LogP contribution in [0.15, 0.2) is 4.79 Å². The molecule has 198 valence electrons. The topological polar surface area (TPSA) is 96.5 Å². The Morgan fingerprint density at radius 3 is 1.68 bits per heavy atom. The summed E-state index contributed by atoms with van der Waals surface area (Å²) >= 11 is 0. The molecule has 1 aromatic heterocycles. The van der Waals surface area contributed by atoms with Crippen molar-refractivity contribution in [2.45, 2.75) is 135 Å². The van der Waals surface area contributed by atoms with Crippen LogP contribution in [-0.4, -0.2) is 30.2 Å². The normalized spacial score (nSPS) is 14.3. The molecule has 8 heteroatoms. The summed E-state index contributed by atoms with van der Waals surface area (Å²) < 4.78 is 15.5. The summed E-state index contributed by atoms with van der Waals surface area (Å²) in [6, 6.07) is 0. The number of unbranched alkanes of at least 4 members (excludes halogenated alkanes) is 12. The minimum Gasteiger partial charge on any atom is -0.390 e. The van der Waals surface area contributed by atoms with Crippen LogP contribution in [0.3, 0.4) is 0 Å². The molecule has 1 heterocycles. The molecule has 7 nitrogen and oxygen atoms in total. The van der Waals surface area contributed by atoms with Crippen molar-refractivity contribution in [1.82, 2.24) is 9.36 Å². The molecule has 0 radical (unpaired) electrons. The molecule has 1 aromatic rings. The third-order valence-corrected chi connectivity index (χ3v) is 7.86. The van der Waals surface area contributed by atoms with Crippen LogP contribution in [-0.2, 0) is 25.1 Å². The number of hydrogen-bond donors (Lipinski definition) is 3. The summed E-state index contributed by atoms with van der Waals surface area (Å²) in [5.74, 6) is 0. The van der Waals surface area contributed by atoms with E-state index in [0.717, 1.165) is 25.0 Å². The number of nitrogens with one attached hydrogen (secondary N) is 1. The summed E-state index contributed by atoms with van der Waals surface area (Å²) in [7, 11) is 0.876. The third kappa shape index (κ3) is 10.6. The van der Waals surface area contributed by atoms with Gasteiger partial charge in [-0.15, -0.1) is 0 Å². The molecule has 3 N–H and O–H groups in total. The van der Waals surface area contributed by atoms with Crippen molar-refractivity contribution in [3.05, 3.63) is 16.0 Å². The van der Waals surface area contributed by atoms with E-state index in [1.807, 2.05) is 11.7 Å². The van der Waals surface area contributed by atoms with E-state index in [9.17, 15) is 19.4 Å². The van der Waals surface area contributed by atoms with Crippen molar-refractivity contribution in [3.63, 3.8) is 0 Å². The lowest BCUT2D eigenvalue weighted by Crippen LogP contribution is -2.40. The Morgan fingerprint density at radius 2 is 1.26 bits per heavy atom. The van der Waals surface area contributed by atoms with Gasteiger partial charge in [-0.2, -0.15) is 4.89 Å². The summed E-state index contributed by atoms with van der Waals surface area (Å²) in [6.07, 6.45) is 17.5. The Hall–Kier alpha value is -1.17. The van der Waals surface area contributed by atoms with E-state index in [1.165, 1.54) is 75.3 Å². The van der Waals surface area contributed by atoms with Crippen LogP contribution >= 0.6 is 8.03 Å². The molecule has 0 aliphatic heterocycles. The fraction of sp³-hybridized carbons (Fsp3) is 0.885. The Labute approximate surface area is 208 Å². The van der Waals surface area contributed by atoms with Gasteiger partial charge in [-0.05, 0) is 31.3 Å². The van der Waals surface area contributed by atoms with Crippen LogP contribution in [0.25, 0.3) is 0 Å². The first kappa shape index (κ1) is 30.9. The van der Waals surface area contributed by atoms with Crippen molar-refractivity contribution in [1.29, 1.82) is 0 Å². The molecule has 2 atom stereocenters. The number of anilines is 1. The Bertz CT molecular complexity index is 797. The Balaban J connectivity index is 2.52. The minimum absolute atomic E-state index is 0.0436. The van der Waals surface area contributed by atoms with E-state index in [1.54, 1.807) is 27.8 Å². The van der Waals surface area contributed by atoms with Gasteiger partial charge in [-0.3, -0.25) is 14.2 Å². The molecular weight excluding hydrogens is 449 g/mol. The van der Waals surface area contributed by atoms with Crippen LogP contribution in [0, 0.1) is 0 Å². The van der Waals surface area contributed by atoms with Gasteiger partial charge in [0.1, 0.15) is 5.69 Å². The summed E-state index contributed by atoms with van der Waals surface area (Å²) in [5.41, 5.74) is -0.154. The standard InChI is InChI=1S/C26H50N3O4P/c1-7-8-9-10-11-12-13-14-15-16-17-18-19-20-22-23(24(30)29(6)28(22)5)27-26(4,34(32)33)21-25(2,3)31/h27,31H,7-21H2,1-6H3/p+1/t26-/m1/s1. The molecule has 0 saturated heterocycles. The third-order valence-electron chi connectivity index (χ3n) is 6.75. The van der Waals surface area contributed by atoms with Crippen LogP contribution in [0.4, 0.5) is 5.69 Å². The molecule has 0 aromatic carbocycles. The maximum Gasteiger partial charge on any atom is 0.533 e. The van der Waals surface area contributed by atoms with E-state index >= 15 is 0 Å². The Morgan fingerprint density at radius 1 is 0.824 bits per heavy atom. The van der Waals surface area contributed by atoms with Gasteiger partial charge in [0.05, 0.1) is 11.3 Å². The van der Waals surface area contributed by atoms with Gasteiger partial charge in [0.25, 0.3) is 10.8 Å². The average Bonchev–Trinajstić information content (AvgIpc) is 2.93. The average molecular weight is 501 g/mol. The van der Waals surface area contributed by atoms with Crippen LogP contribution < -0.4 is 10.9 Å². The maximum absolute atomic E-state index is 12.9. The molecule has 1 rings (SSSR count). The number of rotatable bonds is 19. The van der Waals surface area contributed by atoms with Gasteiger partial charge >= 0.3 is 8.03 Å². The number of hydrogen-bond acceptors (Lipinski definition) is 4. The van der Waals surface area contributed by atoms with Gasteiger partial charge in [0, 0.05) is 27.4 Å². The number of aliphatic hydroxyl groups is 1. The molecule has 0 saturated carbocycles. The van der Waals surface area contributed by atoms with Crippen molar-refractivity contribution < 1.29 is 14.6 Å². The molecule has 34 heavy (non-hydrogen) atoms. The first-order valence-electron chi connectivity index (χ1n) is 13.3. The highest BCUT2D eigenvalue weighted by molar-refractivity contribution is 7.40. The van der Waals surface area contributed by atoms with Crippen molar-refractivity contribution >= 4 is 13.7 Å². The molecule has 1 unspecified atom stereocenters. The van der Waals surface area contributed by atoms with E-state index in [2.05, 4.69) is 12.2 Å². The van der Waals surface area contributed by atoms with E-state index in [-0.39, 0.29) is 12.0 Å². The van der Waals surface area contributed by atoms with Gasteiger partial charge in [-0.1, -0.05) is 84.0 Å². The van der Waals surface area contributed by atoms with Gasteiger partial charge < -0.3 is 10.4 Å². The molecule has 0 aliphatic rings. The minimum atomic E-state index is -2.67. The fourth-order valence-corrected chi connectivity index (χ4v) is 5.49. The zero-order chi connectivity index (χ0) is 25.8. The molecule has 0 bridgehead atoms. The highest BCUT2D eigenvalue weighted by Crippen LogP contribution is 2.41. The lowest BCUT2D eigenvalue weighted by molar-refractivity contribution is 0.0617. The van der Waals surface area contributed by atoms with Gasteiger partial charge in [-0.25, -0.2) is 0 Å². The lowest BCUT2D eigenvalue weighted by Gasteiger charge is -2.26. The second-order valence-electron chi connectivity index (χ2n) is 10.8. The van der Waals surface area contributed by atoms with Crippen LogP contribution in [0.1, 0.15) is 123 Å². The summed E-state index contributed by atoms with van der Waals surface area (Å²) in [4.78, 5) is 22.8. The molecule has 0 fully saturated rings. The second-order valence-corrected chi connectivity index (χ2v) is 12.4. The predicted octanol–water partition coefficient (Wildman–Crippen LogP) is 6.38. The highest BCUT2D eigenvalue weighted by Gasteiger charge is 2.49. The molecule has 0 spiro atoms. The number of nitrogens with zero attached hydrogens (tertiary/aromatic N) is 2. The van der Waals surface area contributed by atoms with Gasteiger partial charge in [0.2, 0.25) is 0 Å². The monoisotopic (exact) mass is 500 g/mol. The Kier molecular flexibility index (Phi) is 13.7. The molecule has 0 aliphatic carbocycles. The SMILES string of the molecule is CCCCCCCCCCCCCCCc1c(N[C@@](C)(CC(C)(C)O)[P+](=O)O)c(=O)n(C)n1C. The van der Waals surface area contributed by atoms with Crippen LogP contribution in [0.2, 0.25) is 0 Å². The van der Waals surface area contributed by atoms with Crippen LogP contribution in [0.5, 0.6) is 0 Å². The second kappa shape index (κ2) is 15.1. The predicted molar refractivity (Wildman–Crippen MR) is 143 cm³/mol. The zero-order valence-corrected chi connectivity index (χ0v) is 23.6. The summed E-state index contributed by atoms with van der Waals surface area (Å²) in [6.45, 7) is 7.05. The number of aromatic nitrogens is 2. The first-order valence-corrected chi connectivity index (χ1v) is 14.6. The summed E-state index contributed by atoms with van der Waals surface area (Å²) in [5, 5.41) is 12.0. The van der Waals surface area contributed by atoms with E-state index < -0.39 is 18.9 Å². The van der Waals surface area contributed by atoms with E-state index in [4.69, 9.17) is 0 Å². The lowest BCUT2D eigenvalue weighted by atomic mass is 9.99.